The topological polar surface area (TPSA) is 85.1 Å². The predicted octanol–water partition coefficient (Wildman–Crippen LogP) is 3.29. The van der Waals surface area contributed by atoms with Gasteiger partial charge in [0.25, 0.3) is 0 Å². The molecule has 0 aromatic carbocycles. The molecule has 1 aliphatic rings. The Morgan fingerprint density at radius 2 is 1.95 bits per heavy atom. The number of nitrogens with two attached hydrogens (primary N) is 1. The van der Waals surface area contributed by atoms with Crippen LogP contribution in [0.2, 0.25) is 0 Å². The van der Waals surface area contributed by atoms with Crippen molar-refractivity contribution in [1.29, 1.82) is 0 Å². The summed E-state index contributed by atoms with van der Waals surface area (Å²) in [5.74, 6) is 1.01. The standard InChI is InChI=1S/C14H25N3O2S2/c1-3-5-10-6-8-11(9-7-10)16-14-12(13(15)17-20-14)21(18,19)4-2/h10-11,16H,3-9H2,1-2H3,(H2,15,17). The second-order valence-electron chi connectivity index (χ2n) is 5.78. The minimum absolute atomic E-state index is 0.0491. The Hall–Kier alpha value is -0.820. The Bertz CT molecular complexity index is 561. The Labute approximate surface area is 131 Å². The highest BCUT2D eigenvalue weighted by Crippen LogP contribution is 2.35. The molecule has 120 valence electrons. The van der Waals surface area contributed by atoms with E-state index in [1.165, 1.54) is 25.7 Å². The van der Waals surface area contributed by atoms with Gasteiger partial charge in [0.05, 0.1) is 5.75 Å². The molecule has 1 heterocycles. The van der Waals surface area contributed by atoms with Gasteiger partial charge >= 0.3 is 0 Å². The largest absolute Gasteiger partial charge is 0.382 e. The summed E-state index contributed by atoms with van der Waals surface area (Å²) in [6.45, 7) is 3.86. The molecule has 0 saturated heterocycles. The Kier molecular flexibility index (Phi) is 5.48. The van der Waals surface area contributed by atoms with Gasteiger partial charge in [0, 0.05) is 6.04 Å². The molecule has 1 saturated carbocycles. The van der Waals surface area contributed by atoms with E-state index < -0.39 is 9.84 Å². The first-order valence-electron chi connectivity index (χ1n) is 7.72. The van der Waals surface area contributed by atoms with Crippen LogP contribution >= 0.6 is 11.5 Å². The molecule has 1 fully saturated rings. The van der Waals surface area contributed by atoms with E-state index in [1.54, 1.807) is 6.92 Å². The minimum atomic E-state index is -3.33. The van der Waals surface area contributed by atoms with Crippen LogP contribution in [0.1, 0.15) is 52.4 Å². The molecule has 1 aliphatic carbocycles. The number of hydrogen-bond donors (Lipinski definition) is 2. The second-order valence-corrected chi connectivity index (χ2v) is 8.77. The van der Waals surface area contributed by atoms with Gasteiger partial charge in [0.1, 0.15) is 9.90 Å². The molecule has 5 nitrogen and oxygen atoms in total. The molecule has 1 aromatic heterocycles. The van der Waals surface area contributed by atoms with Crippen molar-refractivity contribution in [2.45, 2.75) is 63.3 Å². The zero-order valence-corrected chi connectivity index (χ0v) is 14.4. The van der Waals surface area contributed by atoms with E-state index in [4.69, 9.17) is 5.73 Å². The number of aromatic nitrogens is 1. The predicted molar refractivity (Wildman–Crippen MR) is 88.5 cm³/mol. The first-order valence-corrected chi connectivity index (χ1v) is 10.1. The van der Waals surface area contributed by atoms with Crippen molar-refractivity contribution in [1.82, 2.24) is 4.37 Å². The van der Waals surface area contributed by atoms with Crippen LogP contribution in [-0.2, 0) is 9.84 Å². The minimum Gasteiger partial charge on any atom is -0.382 e. The van der Waals surface area contributed by atoms with Crippen LogP contribution in [-0.4, -0.2) is 24.6 Å². The third kappa shape index (κ3) is 3.88. The first kappa shape index (κ1) is 16.5. The van der Waals surface area contributed by atoms with Crippen LogP contribution in [0, 0.1) is 5.92 Å². The van der Waals surface area contributed by atoms with Crippen LogP contribution in [0.5, 0.6) is 0 Å². The highest BCUT2D eigenvalue weighted by atomic mass is 32.2. The Morgan fingerprint density at radius 3 is 2.52 bits per heavy atom. The van der Waals surface area contributed by atoms with E-state index in [0.29, 0.717) is 11.0 Å². The van der Waals surface area contributed by atoms with E-state index >= 15 is 0 Å². The lowest BCUT2D eigenvalue weighted by molar-refractivity contribution is 0.319. The van der Waals surface area contributed by atoms with Crippen LogP contribution in [0.15, 0.2) is 4.90 Å². The summed E-state index contributed by atoms with van der Waals surface area (Å²) in [4.78, 5) is 0.200. The molecule has 21 heavy (non-hydrogen) atoms. The van der Waals surface area contributed by atoms with Crippen molar-refractivity contribution in [2.24, 2.45) is 5.92 Å². The highest BCUT2D eigenvalue weighted by Gasteiger charge is 2.27. The Balaban J connectivity index is 2.05. The van der Waals surface area contributed by atoms with Gasteiger partial charge in [-0.15, -0.1) is 0 Å². The summed E-state index contributed by atoms with van der Waals surface area (Å²) in [5, 5.41) is 3.99. The molecule has 0 aliphatic heterocycles. The van der Waals surface area contributed by atoms with E-state index in [9.17, 15) is 8.42 Å². The summed E-state index contributed by atoms with van der Waals surface area (Å²) >= 11 is 1.16. The number of rotatable bonds is 6. The smallest absolute Gasteiger partial charge is 0.184 e. The molecule has 0 amide bonds. The molecule has 0 radical (unpaired) electrons. The number of nitrogens with zero attached hydrogens (tertiary/aromatic N) is 1. The maximum atomic E-state index is 12.1. The maximum Gasteiger partial charge on any atom is 0.184 e. The molecule has 0 bridgehead atoms. The van der Waals surface area contributed by atoms with E-state index in [-0.39, 0.29) is 16.5 Å². The van der Waals surface area contributed by atoms with Crippen molar-refractivity contribution in [3.05, 3.63) is 0 Å². The second kappa shape index (κ2) is 6.96. The van der Waals surface area contributed by atoms with Gasteiger partial charge < -0.3 is 11.1 Å². The van der Waals surface area contributed by atoms with Gasteiger partial charge in [-0.1, -0.05) is 26.7 Å². The zero-order chi connectivity index (χ0) is 15.5. The van der Waals surface area contributed by atoms with E-state index in [0.717, 1.165) is 30.3 Å². The maximum absolute atomic E-state index is 12.1. The van der Waals surface area contributed by atoms with E-state index in [2.05, 4.69) is 16.6 Å². The number of nitrogens with one attached hydrogen (secondary N) is 1. The normalized spacial score (nSPS) is 23.1. The average molecular weight is 332 g/mol. The molecule has 3 N–H and O–H groups in total. The van der Waals surface area contributed by atoms with E-state index in [1.807, 2.05) is 0 Å². The van der Waals surface area contributed by atoms with Crippen LogP contribution in [0.25, 0.3) is 0 Å². The van der Waals surface area contributed by atoms with Crippen molar-refractivity contribution in [3.63, 3.8) is 0 Å². The van der Waals surface area contributed by atoms with Gasteiger partial charge in [0.2, 0.25) is 0 Å². The third-order valence-corrected chi connectivity index (χ3v) is 6.96. The number of anilines is 2. The Morgan fingerprint density at radius 1 is 1.29 bits per heavy atom. The van der Waals surface area contributed by atoms with Crippen LogP contribution in [0.3, 0.4) is 0 Å². The number of hydrogen-bond acceptors (Lipinski definition) is 6. The number of sulfone groups is 1. The third-order valence-electron chi connectivity index (χ3n) is 4.24. The average Bonchev–Trinajstić information content (AvgIpc) is 2.83. The quantitative estimate of drug-likeness (QED) is 0.835. The molecular weight excluding hydrogens is 306 g/mol. The summed E-state index contributed by atoms with van der Waals surface area (Å²) in [7, 11) is -3.33. The SMILES string of the molecule is CCCC1CCC(Nc2snc(N)c2S(=O)(=O)CC)CC1. The summed E-state index contributed by atoms with van der Waals surface area (Å²) < 4.78 is 28.3. The van der Waals surface area contributed by atoms with Crippen molar-refractivity contribution < 1.29 is 8.42 Å². The van der Waals surface area contributed by atoms with Gasteiger partial charge in [-0.25, -0.2) is 8.42 Å². The fourth-order valence-electron chi connectivity index (χ4n) is 3.02. The lowest BCUT2D eigenvalue weighted by Crippen LogP contribution is -2.26. The molecular formula is C14H25N3O2S2. The lowest BCUT2D eigenvalue weighted by Gasteiger charge is -2.29. The highest BCUT2D eigenvalue weighted by molar-refractivity contribution is 7.91. The molecule has 1 aromatic rings. The van der Waals surface area contributed by atoms with Crippen LogP contribution in [0.4, 0.5) is 10.8 Å². The van der Waals surface area contributed by atoms with Crippen molar-refractivity contribution in [2.75, 3.05) is 16.8 Å². The zero-order valence-electron chi connectivity index (χ0n) is 12.8. The molecule has 7 heteroatoms. The fraction of sp³-hybridized carbons (Fsp3) is 0.786. The molecule has 0 spiro atoms. The van der Waals surface area contributed by atoms with Crippen molar-refractivity contribution >= 4 is 32.2 Å². The monoisotopic (exact) mass is 331 g/mol. The van der Waals surface area contributed by atoms with Gasteiger partial charge in [-0.3, -0.25) is 0 Å². The van der Waals surface area contributed by atoms with Gasteiger partial charge in [0.15, 0.2) is 15.7 Å². The fourth-order valence-corrected chi connectivity index (χ4v) is 5.25. The lowest BCUT2D eigenvalue weighted by atomic mass is 9.83. The van der Waals surface area contributed by atoms with Crippen molar-refractivity contribution in [3.8, 4) is 0 Å². The molecule has 0 atom stereocenters. The summed E-state index contributed by atoms with van der Waals surface area (Å²) in [6, 6.07) is 0.337. The summed E-state index contributed by atoms with van der Waals surface area (Å²) in [5.41, 5.74) is 5.75. The van der Waals surface area contributed by atoms with Crippen LogP contribution < -0.4 is 11.1 Å². The first-order chi connectivity index (χ1) is 9.97. The molecule has 0 unspecified atom stereocenters. The molecule has 2 rings (SSSR count). The van der Waals surface area contributed by atoms with Gasteiger partial charge in [-0.2, -0.15) is 4.37 Å². The summed E-state index contributed by atoms with van der Waals surface area (Å²) in [6.07, 6.45) is 7.16. The van der Waals surface area contributed by atoms with Gasteiger partial charge in [-0.05, 0) is 43.1 Å². The number of nitrogen functional groups attached to an aromatic ring is 1.